The minimum Gasteiger partial charge on any atom is -0.457 e. The second-order valence-corrected chi connectivity index (χ2v) is 9.86. The first-order chi connectivity index (χ1) is 15.6. The molecule has 3 aromatic carbocycles. The summed E-state index contributed by atoms with van der Waals surface area (Å²) in [7, 11) is -3.68. The number of nitrogens with one attached hydrogen (secondary N) is 1. The van der Waals surface area contributed by atoms with Crippen molar-refractivity contribution in [3.8, 4) is 11.5 Å². The first-order valence-electron chi connectivity index (χ1n) is 10.6. The molecule has 3 rings (SSSR count). The van der Waals surface area contributed by atoms with Gasteiger partial charge in [-0.15, -0.1) is 0 Å². The summed E-state index contributed by atoms with van der Waals surface area (Å²) in [6.45, 7) is 3.75. The van der Waals surface area contributed by atoms with E-state index in [-0.39, 0.29) is 12.6 Å². The largest absolute Gasteiger partial charge is 0.457 e. The van der Waals surface area contributed by atoms with Crippen LogP contribution in [0.2, 0.25) is 0 Å². The number of anilines is 1. The molecule has 7 nitrogen and oxygen atoms in total. The van der Waals surface area contributed by atoms with Crippen molar-refractivity contribution in [2.24, 2.45) is 5.73 Å². The molecule has 1 amide bonds. The lowest BCUT2D eigenvalue weighted by Gasteiger charge is -2.28. The van der Waals surface area contributed by atoms with Crippen LogP contribution in [-0.4, -0.2) is 33.2 Å². The fourth-order valence-electron chi connectivity index (χ4n) is 3.39. The van der Waals surface area contributed by atoms with Crippen LogP contribution in [0.15, 0.2) is 78.9 Å². The number of amides is 1. The molecule has 0 aliphatic carbocycles. The maximum atomic E-state index is 12.6. The van der Waals surface area contributed by atoms with Gasteiger partial charge in [-0.05, 0) is 55.8 Å². The van der Waals surface area contributed by atoms with E-state index >= 15 is 0 Å². The number of carbonyl (C=O) groups excluding carboxylic acids is 1. The van der Waals surface area contributed by atoms with Crippen molar-refractivity contribution in [1.82, 2.24) is 5.32 Å². The second-order valence-electron chi connectivity index (χ2n) is 7.96. The highest BCUT2D eigenvalue weighted by Gasteiger charge is 2.27. The molecular formula is C25H29N3O4S. The Morgan fingerprint density at radius 3 is 2.03 bits per heavy atom. The van der Waals surface area contributed by atoms with Gasteiger partial charge in [-0.3, -0.25) is 14.4 Å². The van der Waals surface area contributed by atoms with Gasteiger partial charge >= 0.3 is 0 Å². The van der Waals surface area contributed by atoms with E-state index < -0.39 is 22.0 Å². The number of sulfonamides is 1. The molecule has 0 unspecified atom stereocenters. The molecule has 3 N–H and O–H groups in total. The fourth-order valence-corrected chi connectivity index (χ4v) is 4.31. The maximum Gasteiger partial charge on any atom is 0.236 e. The fraction of sp³-hybridized carbons (Fsp3) is 0.240. The molecule has 174 valence electrons. The number of nitrogens with zero attached hydrogens (tertiary/aromatic N) is 1. The quantitative estimate of drug-likeness (QED) is 0.473. The zero-order valence-electron chi connectivity index (χ0n) is 18.9. The summed E-state index contributed by atoms with van der Waals surface area (Å²) >= 11 is 0. The SMILES string of the molecule is Cc1ccc(Oc2ccc(N(C[C@H](N[C@H](C)c3ccccc3)C(N)=O)S(C)(=O)=O)cc2)cc1. The average molecular weight is 468 g/mol. The van der Waals surface area contributed by atoms with E-state index in [2.05, 4.69) is 5.32 Å². The zero-order valence-corrected chi connectivity index (χ0v) is 19.7. The van der Waals surface area contributed by atoms with E-state index in [9.17, 15) is 13.2 Å². The van der Waals surface area contributed by atoms with E-state index in [1.54, 1.807) is 24.3 Å². The van der Waals surface area contributed by atoms with Crippen LogP contribution >= 0.6 is 0 Å². The Kier molecular flexibility index (Phi) is 7.73. The number of primary amides is 1. The van der Waals surface area contributed by atoms with Crippen molar-refractivity contribution in [3.63, 3.8) is 0 Å². The molecule has 0 fully saturated rings. The summed E-state index contributed by atoms with van der Waals surface area (Å²) in [5, 5.41) is 3.15. The van der Waals surface area contributed by atoms with Crippen LogP contribution in [0.3, 0.4) is 0 Å². The summed E-state index contributed by atoms with van der Waals surface area (Å²) in [6.07, 6.45) is 1.10. The van der Waals surface area contributed by atoms with E-state index in [0.717, 1.165) is 17.4 Å². The molecule has 2 atom stereocenters. The van der Waals surface area contributed by atoms with Crippen LogP contribution in [0, 0.1) is 6.92 Å². The van der Waals surface area contributed by atoms with Crippen molar-refractivity contribution >= 4 is 21.6 Å². The molecule has 0 aliphatic heterocycles. The van der Waals surface area contributed by atoms with Gasteiger partial charge in [-0.25, -0.2) is 8.42 Å². The predicted octanol–water partition coefficient (Wildman–Crippen LogP) is 3.76. The average Bonchev–Trinajstić information content (AvgIpc) is 2.78. The number of nitrogens with two attached hydrogens (primary N) is 1. The normalized spacial score (nSPS) is 13.2. The van der Waals surface area contributed by atoms with Gasteiger partial charge in [0.1, 0.15) is 17.5 Å². The summed E-state index contributed by atoms with van der Waals surface area (Å²) in [5.41, 5.74) is 8.11. The molecule has 0 saturated carbocycles. The van der Waals surface area contributed by atoms with Crippen molar-refractivity contribution in [2.45, 2.75) is 25.9 Å². The summed E-state index contributed by atoms with van der Waals surface area (Å²) in [4.78, 5) is 12.2. The smallest absolute Gasteiger partial charge is 0.236 e. The van der Waals surface area contributed by atoms with Gasteiger partial charge in [0.2, 0.25) is 15.9 Å². The minimum atomic E-state index is -3.68. The van der Waals surface area contributed by atoms with Crippen LogP contribution in [0.1, 0.15) is 24.1 Å². The molecule has 0 bridgehead atoms. The highest BCUT2D eigenvalue weighted by Crippen LogP contribution is 2.26. The number of hydrogen-bond acceptors (Lipinski definition) is 5. The number of aryl methyl sites for hydroxylation is 1. The van der Waals surface area contributed by atoms with Crippen molar-refractivity contribution in [3.05, 3.63) is 90.0 Å². The van der Waals surface area contributed by atoms with Gasteiger partial charge in [-0.2, -0.15) is 0 Å². The molecule has 33 heavy (non-hydrogen) atoms. The monoisotopic (exact) mass is 467 g/mol. The van der Waals surface area contributed by atoms with E-state index in [1.165, 1.54) is 4.31 Å². The molecule has 8 heteroatoms. The van der Waals surface area contributed by atoms with Gasteiger partial charge in [0.25, 0.3) is 0 Å². The lowest BCUT2D eigenvalue weighted by molar-refractivity contribution is -0.119. The summed E-state index contributed by atoms with van der Waals surface area (Å²) in [5.74, 6) is 0.616. The third-order valence-corrected chi connectivity index (χ3v) is 6.38. The summed E-state index contributed by atoms with van der Waals surface area (Å²) in [6, 6.07) is 22.7. The molecule has 0 aliphatic rings. The molecule has 0 aromatic heterocycles. The van der Waals surface area contributed by atoms with Crippen molar-refractivity contribution in [1.29, 1.82) is 0 Å². The maximum absolute atomic E-state index is 12.6. The molecule has 0 heterocycles. The first-order valence-corrected chi connectivity index (χ1v) is 12.4. The van der Waals surface area contributed by atoms with E-state index in [4.69, 9.17) is 10.5 Å². The van der Waals surface area contributed by atoms with Crippen molar-refractivity contribution in [2.75, 3.05) is 17.1 Å². The third-order valence-electron chi connectivity index (χ3n) is 5.22. The lowest BCUT2D eigenvalue weighted by Crippen LogP contribution is -2.51. The molecular weight excluding hydrogens is 438 g/mol. The molecule has 0 saturated heterocycles. The molecule has 3 aromatic rings. The van der Waals surface area contributed by atoms with E-state index in [1.807, 2.05) is 68.4 Å². The minimum absolute atomic E-state index is 0.135. The zero-order chi connectivity index (χ0) is 24.0. The van der Waals surface area contributed by atoms with Crippen LogP contribution in [0.4, 0.5) is 5.69 Å². The van der Waals surface area contributed by atoms with E-state index in [0.29, 0.717) is 17.2 Å². The number of hydrogen-bond donors (Lipinski definition) is 2. The number of ether oxygens (including phenoxy) is 1. The van der Waals surface area contributed by atoms with Crippen LogP contribution in [-0.2, 0) is 14.8 Å². The highest BCUT2D eigenvalue weighted by molar-refractivity contribution is 7.92. The summed E-state index contributed by atoms with van der Waals surface area (Å²) < 4.78 is 32.1. The Bertz CT molecular complexity index is 1160. The van der Waals surface area contributed by atoms with Gasteiger partial charge < -0.3 is 10.5 Å². The standard InChI is InChI=1S/C25H29N3O4S/c1-18-9-13-22(14-10-18)32-23-15-11-21(12-16-23)28(33(3,30)31)17-24(25(26)29)27-19(2)20-7-5-4-6-8-20/h4-16,19,24,27H,17H2,1-3H3,(H2,26,29)/t19-,24+/m1/s1. The predicted molar refractivity (Wildman–Crippen MR) is 131 cm³/mol. The van der Waals surface area contributed by atoms with Crippen LogP contribution in [0.25, 0.3) is 0 Å². The Morgan fingerprint density at radius 2 is 1.52 bits per heavy atom. The Labute approximate surface area is 195 Å². The van der Waals surface area contributed by atoms with Gasteiger partial charge in [0.15, 0.2) is 0 Å². The first kappa shape index (κ1) is 24.3. The Balaban J connectivity index is 1.78. The molecule has 0 radical (unpaired) electrons. The topological polar surface area (TPSA) is 102 Å². The number of rotatable bonds is 10. The Hall–Kier alpha value is -3.36. The lowest BCUT2D eigenvalue weighted by atomic mass is 10.1. The molecule has 0 spiro atoms. The second kappa shape index (κ2) is 10.5. The highest BCUT2D eigenvalue weighted by atomic mass is 32.2. The van der Waals surface area contributed by atoms with Gasteiger partial charge in [-0.1, -0.05) is 48.0 Å². The number of carbonyl (C=O) groups is 1. The van der Waals surface area contributed by atoms with Crippen molar-refractivity contribution < 1.29 is 17.9 Å². The van der Waals surface area contributed by atoms with Gasteiger partial charge in [0.05, 0.1) is 18.5 Å². The van der Waals surface area contributed by atoms with Crippen LogP contribution in [0.5, 0.6) is 11.5 Å². The van der Waals surface area contributed by atoms with Crippen LogP contribution < -0.4 is 20.1 Å². The third kappa shape index (κ3) is 6.81. The Morgan fingerprint density at radius 1 is 0.970 bits per heavy atom. The van der Waals surface area contributed by atoms with Gasteiger partial charge in [0, 0.05) is 6.04 Å². The number of benzene rings is 3.